The van der Waals surface area contributed by atoms with Gasteiger partial charge in [-0.25, -0.2) is 0 Å². The van der Waals surface area contributed by atoms with Gasteiger partial charge in [0.25, 0.3) is 0 Å². The molecule has 0 heterocycles. The van der Waals surface area contributed by atoms with E-state index in [9.17, 15) is 14.5 Å². The number of hydrogen-bond donors (Lipinski definition) is 1. The van der Waals surface area contributed by atoms with Crippen molar-refractivity contribution >= 4 is 13.6 Å². The number of methoxy groups -OCH3 is 2. The highest BCUT2D eigenvalue weighted by atomic mass is 31.2. The van der Waals surface area contributed by atoms with Gasteiger partial charge >= 0.3 is 13.6 Å². The molecule has 0 aliphatic carbocycles. The maximum Gasteiger partial charge on any atom is 0.347 e. The summed E-state index contributed by atoms with van der Waals surface area (Å²) < 4.78 is 34.3. The molecule has 1 aromatic rings. The molecule has 154 valence electrons. The Morgan fingerprint density at radius 2 is 1.59 bits per heavy atom. The van der Waals surface area contributed by atoms with Gasteiger partial charge in [0.2, 0.25) is 0 Å². The van der Waals surface area contributed by atoms with Crippen molar-refractivity contribution in [3.63, 3.8) is 0 Å². The molecule has 0 bridgehead atoms. The molecule has 0 saturated heterocycles. The van der Waals surface area contributed by atoms with E-state index in [0.29, 0.717) is 11.5 Å². The van der Waals surface area contributed by atoms with Crippen molar-refractivity contribution < 1.29 is 33.0 Å². The number of carboxylic acids is 1. The fourth-order valence-electron chi connectivity index (χ4n) is 3.46. The van der Waals surface area contributed by atoms with Crippen molar-refractivity contribution in [2.75, 3.05) is 28.4 Å². The first kappa shape index (κ1) is 23.5. The minimum Gasteiger partial charge on any atom is -0.493 e. The Bertz CT molecular complexity index is 702. The van der Waals surface area contributed by atoms with Crippen LogP contribution in [0.3, 0.4) is 0 Å². The summed E-state index contributed by atoms with van der Waals surface area (Å²) in [6, 6.07) is 5.39. The second kappa shape index (κ2) is 8.63. The van der Waals surface area contributed by atoms with Crippen molar-refractivity contribution in [2.24, 2.45) is 5.41 Å². The van der Waals surface area contributed by atoms with Crippen LogP contribution < -0.4 is 9.47 Å². The molecule has 0 aliphatic rings. The Labute approximate surface area is 161 Å². The molecule has 8 heteroatoms. The number of carboxylic acid groups (broad SMARTS) is 1. The highest BCUT2D eigenvalue weighted by Gasteiger charge is 2.63. The predicted octanol–water partition coefficient (Wildman–Crippen LogP) is 4.55. The zero-order valence-corrected chi connectivity index (χ0v) is 18.3. The van der Waals surface area contributed by atoms with Crippen LogP contribution in [-0.2, 0) is 18.4 Å². The first-order valence-corrected chi connectivity index (χ1v) is 10.1. The molecule has 27 heavy (non-hydrogen) atoms. The van der Waals surface area contributed by atoms with Crippen LogP contribution in [0.25, 0.3) is 0 Å². The van der Waals surface area contributed by atoms with Gasteiger partial charge in [-0.3, -0.25) is 9.36 Å². The molecular formula is C19H31O7P. The molecule has 2 unspecified atom stereocenters. The maximum atomic E-state index is 13.4. The van der Waals surface area contributed by atoms with Crippen LogP contribution in [0.1, 0.15) is 45.6 Å². The zero-order valence-electron chi connectivity index (χ0n) is 17.4. The van der Waals surface area contributed by atoms with Gasteiger partial charge in [0.1, 0.15) is 0 Å². The molecule has 7 nitrogen and oxygen atoms in total. The largest absolute Gasteiger partial charge is 0.493 e. The Kier molecular flexibility index (Phi) is 7.51. The number of rotatable bonds is 9. The topological polar surface area (TPSA) is 91.3 Å². The third-order valence-corrected chi connectivity index (χ3v) is 8.06. The first-order valence-electron chi connectivity index (χ1n) is 8.61. The summed E-state index contributed by atoms with van der Waals surface area (Å²) in [5, 5.41) is 8.42. The lowest BCUT2D eigenvalue weighted by atomic mass is 9.74. The van der Waals surface area contributed by atoms with Crippen LogP contribution in [0.15, 0.2) is 18.2 Å². The summed E-state index contributed by atoms with van der Waals surface area (Å²) in [5.41, 5.74) is -0.0631. The lowest BCUT2D eigenvalue weighted by molar-refractivity contribution is -0.144. The summed E-state index contributed by atoms with van der Waals surface area (Å²) in [6.45, 7) is 7.06. The van der Waals surface area contributed by atoms with Crippen molar-refractivity contribution in [2.45, 2.75) is 45.2 Å². The summed E-state index contributed by atoms with van der Waals surface area (Å²) in [5.74, 6) is -0.360. The Morgan fingerprint density at radius 3 is 1.96 bits per heavy atom. The van der Waals surface area contributed by atoms with Gasteiger partial charge in [0, 0.05) is 14.2 Å². The third kappa shape index (κ3) is 4.15. The average Bonchev–Trinajstić information content (AvgIpc) is 2.63. The normalized spacial score (nSPS) is 15.7. The van der Waals surface area contributed by atoms with Crippen LogP contribution in [0.2, 0.25) is 0 Å². The van der Waals surface area contributed by atoms with Crippen LogP contribution in [0.4, 0.5) is 0 Å². The minimum absolute atomic E-state index is 0.0558. The molecule has 0 aromatic heterocycles. The lowest BCUT2D eigenvalue weighted by Gasteiger charge is -2.45. The molecule has 0 spiro atoms. The number of hydrogen-bond acceptors (Lipinski definition) is 6. The highest BCUT2D eigenvalue weighted by Crippen LogP contribution is 2.68. The SMILES string of the molecule is COc1ccc(C(C)CC(C(=O)O)(C(C)(C)C)P(=O)(OC)OC)cc1OC. The maximum absolute atomic E-state index is 13.4. The summed E-state index contributed by atoms with van der Waals surface area (Å²) in [7, 11) is 1.55. The van der Waals surface area contributed by atoms with E-state index >= 15 is 0 Å². The van der Waals surface area contributed by atoms with Crippen LogP contribution in [-0.4, -0.2) is 44.7 Å². The molecule has 1 aromatic carbocycles. The quantitative estimate of drug-likeness (QED) is 0.606. The second-order valence-corrected chi connectivity index (χ2v) is 9.99. The molecule has 1 N–H and O–H groups in total. The average molecular weight is 402 g/mol. The Balaban J connectivity index is 3.51. The van der Waals surface area contributed by atoms with Gasteiger partial charge < -0.3 is 23.6 Å². The Morgan fingerprint density at radius 1 is 1.07 bits per heavy atom. The van der Waals surface area contributed by atoms with Crippen molar-refractivity contribution in [3.05, 3.63) is 23.8 Å². The molecule has 0 amide bonds. The van der Waals surface area contributed by atoms with E-state index in [4.69, 9.17) is 18.5 Å². The second-order valence-electron chi connectivity index (χ2n) is 7.50. The predicted molar refractivity (Wildman–Crippen MR) is 104 cm³/mol. The third-order valence-electron chi connectivity index (χ3n) is 5.12. The van der Waals surface area contributed by atoms with E-state index in [1.165, 1.54) is 21.3 Å². The molecule has 0 fully saturated rings. The highest BCUT2D eigenvalue weighted by molar-refractivity contribution is 7.56. The van der Waals surface area contributed by atoms with Crippen LogP contribution in [0, 0.1) is 5.41 Å². The van der Waals surface area contributed by atoms with E-state index in [2.05, 4.69) is 0 Å². The molecule has 0 aliphatic heterocycles. The summed E-state index contributed by atoms with van der Waals surface area (Å²) >= 11 is 0. The van der Waals surface area contributed by atoms with Crippen molar-refractivity contribution in [1.82, 2.24) is 0 Å². The van der Waals surface area contributed by atoms with Gasteiger partial charge in [-0.05, 0) is 35.4 Å². The van der Waals surface area contributed by atoms with Gasteiger partial charge in [-0.1, -0.05) is 33.8 Å². The first-order chi connectivity index (χ1) is 12.4. The number of aliphatic carboxylic acids is 1. The van der Waals surface area contributed by atoms with Crippen LogP contribution >= 0.6 is 7.60 Å². The summed E-state index contributed by atoms with van der Waals surface area (Å²) in [6.07, 6.45) is 0.0558. The van der Waals surface area contributed by atoms with E-state index in [1.807, 2.05) is 13.0 Å². The van der Waals surface area contributed by atoms with Crippen molar-refractivity contribution in [3.8, 4) is 11.5 Å². The fourth-order valence-corrected chi connectivity index (χ4v) is 5.79. The van der Waals surface area contributed by atoms with Gasteiger partial charge in [0.05, 0.1) is 14.2 Å². The number of benzene rings is 1. The van der Waals surface area contributed by atoms with Gasteiger partial charge in [-0.2, -0.15) is 0 Å². The Hall–Kier alpha value is -1.56. The molecular weight excluding hydrogens is 371 g/mol. The summed E-state index contributed by atoms with van der Waals surface area (Å²) in [4.78, 5) is 12.4. The zero-order chi connectivity index (χ0) is 21.0. The van der Waals surface area contributed by atoms with E-state index in [0.717, 1.165) is 5.56 Å². The standard InChI is InChI=1S/C19H31O7P/c1-13(14-9-10-15(23-5)16(11-14)24-6)12-19(17(20)21,18(2,3)4)27(22,25-7)26-8/h9-11,13H,12H2,1-8H3,(H,20,21). The van der Waals surface area contributed by atoms with E-state index in [-0.39, 0.29) is 12.3 Å². The van der Waals surface area contributed by atoms with Crippen LogP contribution in [0.5, 0.6) is 11.5 Å². The van der Waals surface area contributed by atoms with E-state index < -0.39 is 24.1 Å². The van der Waals surface area contributed by atoms with E-state index in [1.54, 1.807) is 40.0 Å². The molecule has 0 radical (unpaired) electrons. The smallest absolute Gasteiger partial charge is 0.347 e. The number of ether oxygens (including phenoxy) is 2. The monoisotopic (exact) mass is 402 g/mol. The fraction of sp³-hybridized carbons (Fsp3) is 0.632. The molecule has 0 saturated carbocycles. The number of carbonyl (C=O) groups is 1. The molecule has 1 rings (SSSR count). The van der Waals surface area contributed by atoms with Crippen molar-refractivity contribution in [1.29, 1.82) is 0 Å². The lowest BCUT2D eigenvalue weighted by Crippen LogP contribution is -2.51. The molecule has 2 atom stereocenters. The van der Waals surface area contributed by atoms with Gasteiger partial charge in [-0.15, -0.1) is 0 Å². The minimum atomic E-state index is -3.96. The van der Waals surface area contributed by atoms with Gasteiger partial charge in [0.15, 0.2) is 16.7 Å².